The zero-order chi connectivity index (χ0) is 16.8. The van der Waals surface area contributed by atoms with Gasteiger partial charge in [-0.05, 0) is 56.2 Å². The lowest BCUT2D eigenvalue weighted by Gasteiger charge is -2.33. The van der Waals surface area contributed by atoms with Crippen LogP contribution in [0.3, 0.4) is 0 Å². The van der Waals surface area contributed by atoms with Gasteiger partial charge in [0.05, 0.1) is 6.04 Å². The summed E-state index contributed by atoms with van der Waals surface area (Å²) in [6.07, 6.45) is 7.95. The fourth-order valence-electron chi connectivity index (χ4n) is 4.35. The van der Waals surface area contributed by atoms with E-state index in [1.807, 2.05) is 0 Å². The van der Waals surface area contributed by atoms with Crippen molar-refractivity contribution in [3.8, 4) is 0 Å². The Morgan fingerprint density at radius 1 is 1.17 bits per heavy atom. The van der Waals surface area contributed by atoms with Crippen molar-refractivity contribution >= 4 is 5.91 Å². The van der Waals surface area contributed by atoms with Crippen LogP contribution in [-0.4, -0.2) is 30.4 Å². The minimum absolute atomic E-state index is 0.276. The minimum Gasteiger partial charge on any atom is -0.336 e. The lowest BCUT2D eigenvalue weighted by Crippen LogP contribution is -2.38. The van der Waals surface area contributed by atoms with Crippen LogP contribution in [-0.2, 0) is 4.79 Å². The largest absolute Gasteiger partial charge is 0.336 e. The number of carbonyl (C=O) groups is 1. The van der Waals surface area contributed by atoms with Gasteiger partial charge in [0.2, 0.25) is 5.91 Å². The van der Waals surface area contributed by atoms with E-state index in [0.717, 1.165) is 32.5 Å². The van der Waals surface area contributed by atoms with Crippen LogP contribution < -0.4 is 5.32 Å². The van der Waals surface area contributed by atoms with E-state index in [1.165, 1.54) is 31.2 Å². The highest BCUT2D eigenvalue weighted by molar-refractivity contribution is 5.77. The van der Waals surface area contributed by atoms with Gasteiger partial charge in [-0.2, -0.15) is 0 Å². The van der Waals surface area contributed by atoms with Gasteiger partial charge in [0.15, 0.2) is 0 Å². The summed E-state index contributed by atoms with van der Waals surface area (Å²) in [5, 5.41) is 3.49. The third-order valence-corrected chi connectivity index (χ3v) is 5.89. The molecule has 2 fully saturated rings. The second-order valence-electron chi connectivity index (χ2n) is 7.65. The average molecular weight is 329 g/mol. The summed E-state index contributed by atoms with van der Waals surface area (Å²) in [5.74, 6) is 1.50. The predicted molar refractivity (Wildman–Crippen MR) is 98.7 cm³/mol. The first-order chi connectivity index (χ1) is 11.8. The molecule has 0 aliphatic carbocycles. The molecule has 1 aromatic carbocycles. The number of piperidine rings is 1. The first kappa shape index (κ1) is 17.5. The highest BCUT2D eigenvalue weighted by Crippen LogP contribution is 2.32. The zero-order valence-electron chi connectivity index (χ0n) is 15.0. The van der Waals surface area contributed by atoms with Gasteiger partial charge in [0, 0.05) is 13.0 Å². The highest BCUT2D eigenvalue weighted by atomic mass is 16.2. The van der Waals surface area contributed by atoms with E-state index in [9.17, 15) is 4.79 Å². The number of rotatable bonds is 4. The Labute approximate surface area is 146 Å². The van der Waals surface area contributed by atoms with E-state index in [4.69, 9.17) is 0 Å². The first-order valence-electron chi connectivity index (χ1n) is 9.81. The number of carbonyl (C=O) groups excluding carboxylic acids is 1. The molecule has 3 nitrogen and oxygen atoms in total. The Kier molecular flexibility index (Phi) is 6.30. The van der Waals surface area contributed by atoms with E-state index in [2.05, 4.69) is 47.5 Å². The number of hydrogen-bond acceptors (Lipinski definition) is 2. The van der Waals surface area contributed by atoms with Crippen LogP contribution >= 0.6 is 0 Å². The summed E-state index contributed by atoms with van der Waals surface area (Å²) >= 11 is 0. The smallest absolute Gasteiger partial charge is 0.223 e. The molecule has 0 aromatic heterocycles. The molecule has 2 saturated heterocycles. The van der Waals surface area contributed by atoms with Crippen molar-refractivity contribution in [3.63, 3.8) is 0 Å². The quantitative estimate of drug-likeness (QED) is 0.900. The lowest BCUT2D eigenvalue weighted by molar-refractivity contribution is -0.135. The maximum atomic E-state index is 13.1. The fourth-order valence-corrected chi connectivity index (χ4v) is 4.35. The topological polar surface area (TPSA) is 32.3 Å². The SMILES string of the molecule is CC(CC(=O)N1CCCCCC1c1ccccc1)C1CCCNC1. The van der Waals surface area contributed by atoms with Crippen LogP contribution in [0.25, 0.3) is 0 Å². The van der Waals surface area contributed by atoms with Gasteiger partial charge < -0.3 is 10.2 Å². The molecule has 1 amide bonds. The number of likely N-dealkylation sites (tertiary alicyclic amines) is 1. The van der Waals surface area contributed by atoms with Crippen LogP contribution in [0.5, 0.6) is 0 Å². The molecule has 0 bridgehead atoms. The molecule has 24 heavy (non-hydrogen) atoms. The predicted octanol–water partition coefficient (Wildman–Crippen LogP) is 4.16. The van der Waals surface area contributed by atoms with E-state index in [0.29, 0.717) is 24.2 Å². The zero-order valence-corrected chi connectivity index (χ0v) is 15.0. The molecule has 3 atom stereocenters. The maximum Gasteiger partial charge on any atom is 0.223 e. The molecule has 132 valence electrons. The molecule has 3 unspecified atom stereocenters. The van der Waals surface area contributed by atoms with Crippen molar-refractivity contribution in [1.82, 2.24) is 10.2 Å². The summed E-state index contributed by atoms with van der Waals surface area (Å²) in [6.45, 7) is 5.41. The second-order valence-corrected chi connectivity index (χ2v) is 7.65. The number of nitrogens with one attached hydrogen (secondary N) is 1. The van der Waals surface area contributed by atoms with Crippen LogP contribution in [0.2, 0.25) is 0 Å². The molecular formula is C21H32N2O. The van der Waals surface area contributed by atoms with Crippen LogP contribution in [0, 0.1) is 11.8 Å². The third-order valence-electron chi connectivity index (χ3n) is 5.89. The van der Waals surface area contributed by atoms with Crippen molar-refractivity contribution in [2.45, 2.75) is 57.9 Å². The van der Waals surface area contributed by atoms with Crippen molar-refractivity contribution in [2.24, 2.45) is 11.8 Å². The van der Waals surface area contributed by atoms with Gasteiger partial charge in [-0.1, -0.05) is 50.1 Å². The molecule has 1 N–H and O–H groups in total. The van der Waals surface area contributed by atoms with Gasteiger partial charge in [0.25, 0.3) is 0 Å². The second kappa shape index (κ2) is 8.66. The Morgan fingerprint density at radius 3 is 2.75 bits per heavy atom. The molecule has 2 heterocycles. The molecule has 0 spiro atoms. The Morgan fingerprint density at radius 2 is 2.00 bits per heavy atom. The van der Waals surface area contributed by atoms with Crippen LogP contribution in [0.1, 0.15) is 63.5 Å². The summed E-state index contributed by atoms with van der Waals surface area (Å²) in [6, 6.07) is 10.9. The number of hydrogen-bond donors (Lipinski definition) is 1. The van der Waals surface area contributed by atoms with Crippen LogP contribution in [0.4, 0.5) is 0 Å². The number of nitrogens with zero attached hydrogens (tertiary/aromatic N) is 1. The lowest BCUT2D eigenvalue weighted by atomic mass is 9.85. The maximum absolute atomic E-state index is 13.1. The molecule has 3 heteroatoms. The number of amides is 1. The standard InChI is InChI=1S/C21H32N2O/c1-17(19-11-8-13-22-16-19)15-21(24)23-14-7-3-6-12-20(23)18-9-4-2-5-10-18/h2,4-5,9-10,17,19-20,22H,3,6-8,11-16H2,1H3. The van der Waals surface area contributed by atoms with E-state index < -0.39 is 0 Å². The van der Waals surface area contributed by atoms with Gasteiger partial charge in [-0.15, -0.1) is 0 Å². The van der Waals surface area contributed by atoms with Gasteiger partial charge in [-0.25, -0.2) is 0 Å². The van der Waals surface area contributed by atoms with Gasteiger partial charge in [0.1, 0.15) is 0 Å². The van der Waals surface area contributed by atoms with Crippen molar-refractivity contribution < 1.29 is 4.79 Å². The molecule has 0 radical (unpaired) electrons. The molecule has 1 aromatic rings. The summed E-state index contributed by atoms with van der Waals surface area (Å²) < 4.78 is 0. The summed E-state index contributed by atoms with van der Waals surface area (Å²) in [4.78, 5) is 15.3. The average Bonchev–Trinajstić information content (AvgIpc) is 2.89. The summed E-state index contributed by atoms with van der Waals surface area (Å²) in [5.41, 5.74) is 1.31. The minimum atomic E-state index is 0.276. The summed E-state index contributed by atoms with van der Waals surface area (Å²) in [7, 11) is 0. The Balaban J connectivity index is 1.67. The Bertz CT molecular complexity index is 510. The molecular weight excluding hydrogens is 296 g/mol. The van der Waals surface area contributed by atoms with E-state index in [1.54, 1.807) is 0 Å². The van der Waals surface area contributed by atoms with Crippen LogP contribution in [0.15, 0.2) is 30.3 Å². The highest BCUT2D eigenvalue weighted by Gasteiger charge is 2.29. The molecule has 3 rings (SSSR count). The fraction of sp³-hybridized carbons (Fsp3) is 0.667. The van der Waals surface area contributed by atoms with E-state index in [-0.39, 0.29) is 6.04 Å². The van der Waals surface area contributed by atoms with E-state index >= 15 is 0 Å². The van der Waals surface area contributed by atoms with Gasteiger partial charge >= 0.3 is 0 Å². The Hall–Kier alpha value is -1.35. The van der Waals surface area contributed by atoms with Crippen molar-refractivity contribution in [2.75, 3.05) is 19.6 Å². The molecule has 0 saturated carbocycles. The normalized spacial score (nSPS) is 26.6. The molecule has 2 aliphatic heterocycles. The van der Waals surface area contributed by atoms with Crippen molar-refractivity contribution in [1.29, 1.82) is 0 Å². The monoisotopic (exact) mass is 328 g/mol. The number of benzene rings is 1. The molecule has 2 aliphatic rings. The first-order valence-corrected chi connectivity index (χ1v) is 9.81. The third kappa shape index (κ3) is 4.38. The van der Waals surface area contributed by atoms with Gasteiger partial charge in [-0.3, -0.25) is 4.79 Å². The van der Waals surface area contributed by atoms with Crippen molar-refractivity contribution in [3.05, 3.63) is 35.9 Å².